The van der Waals surface area contributed by atoms with E-state index in [4.69, 9.17) is 9.26 Å². The van der Waals surface area contributed by atoms with Crippen molar-refractivity contribution >= 4 is 5.91 Å². The van der Waals surface area contributed by atoms with Gasteiger partial charge in [-0.2, -0.15) is 4.98 Å². The van der Waals surface area contributed by atoms with Crippen LogP contribution in [0.5, 0.6) is 0 Å². The van der Waals surface area contributed by atoms with Crippen molar-refractivity contribution in [2.75, 3.05) is 26.3 Å². The number of carbonyl (C=O) groups excluding carboxylic acids is 1. The summed E-state index contributed by atoms with van der Waals surface area (Å²) in [6, 6.07) is 9.70. The third kappa shape index (κ3) is 3.71. The molecule has 0 bridgehead atoms. The van der Waals surface area contributed by atoms with E-state index in [0.717, 1.165) is 5.56 Å². The summed E-state index contributed by atoms with van der Waals surface area (Å²) in [5.41, 5.74) is 0.932. The van der Waals surface area contributed by atoms with Crippen LogP contribution in [-0.4, -0.2) is 47.3 Å². The largest absolute Gasteiger partial charge is 0.378 e. The summed E-state index contributed by atoms with van der Waals surface area (Å²) in [5.74, 6) is 1.34. The van der Waals surface area contributed by atoms with E-state index in [0.29, 0.717) is 57.3 Å². The summed E-state index contributed by atoms with van der Waals surface area (Å²) in [5, 5.41) is 3.98. The lowest BCUT2D eigenvalue weighted by Gasteiger charge is -2.26. The van der Waals surface area contributed by atoms with Gasteiger partial charge in [-0.15, -0.1) is 0 Å². The van der Waals surface area contributed by atoms with Gasteiger partial charge in [0.1, 0.15) is 0 Å². The molecule has 1 aliphatic rings. The van der Waals surface area contributed by atoms with Crippen molar-refractivity contribution in [1.29, 1.82) is 0 Å². The molecule has 1 aromatic carbocycles. The quantitative estimate of drug-likeness (QED) is 0.844. The van der Waals surface area contributed by atoms with E-state index >= 15 is 0 Å². The van der Waals surface area contributed by atoms with E-state index in [1.54, 1.807) is 0 Å². The van der Waals surface area contributed by atoms with Crippen LogP contribution in [0.1, 0.15) is 18.7 Å². The van der Waals surface area contributed by atoms with Crippen molar-refractivity contribution in [1.82, 2.24) is 15.0 Å². The Balaban J connectivity index is 1.48. The normalized spacial score (nSPS) is 15.0. The van der Waals surface area contributed by atoms with Gasteiger partial charge in [0.15, 0.2) is 0 Å². The third-order valence-electron chi connectivity index (χ3n) is 3.65. The molecule has 6 nitrogen and oxygen atoms in total. The molecule has 0 radical (unpaired) electrons. The average Bonchev–Trinajstić information content (AvgIpc) is 3.05. The molecule has 1 aliphatic heterocycles. The van der Waals surface area contributed by atoms with Gasteiger partial charge in [0.25, 0.3) is 0 Å². The maximum absolute atomic E-state index is 12.0. The lowest BCUT2D eigenvalue weighted by Crippen LogP contribution is -2.40. The van der Waals surface area contributed by atoms with Crippen molar-refractivity contribution in [3.63, 3.8) is 0 Å². The van der Waals surface area contributed by atoms with Gasteiger partial charge in [0.2, 0.25) is 17.6 Å². The number of morpholine rings is 1. The maximum Gasteiger partial charge on any atom is 0.226 e. The molecule has 22 heavy (non-hydrogen) atoms. The zero-order valence-corrected chi connectivity index (χ0v) is 12.4. The summed E-state index contributed by atoms with van der Waals surface area (Å²) in [6.45, 7) is 2.65. The SMILES string of the molecule is O=C(CCCc1nc(-c2ccccc2)no1)N1CCOCC1. The highest BCUT2D eigenvalue weighted by Crippen LogP contribution is 2.15. The van der Waals surface area contributed by atoms with E-state index in [2.05, 4.69) is 10.1 Å². The predicted molar refractivity (Wildman–Crippen MR) is 80.1 cm³/mol. The van der Waals surface area contributed by atoms with Crippen molar-refractivity contribution in [2.45, 2.75) is 19.3 Å². The monoisotopic (exact) mass is 301 g/mol. The van der Waals surface area contributed by atoms with E-state index < -0.39 is 0 Å². The van der Waals surface area contributed by atoms with Gasteiger partial charge >= 0.3 is 0 Å². The molecule has 1 saturated heterocycles. The number of hydrogen-bond acceptors (Lipinski definition) is 5. The third-order valence-corrected chi connectivity index (χ3v) is 3.65. The summed E-state index contributed by atoms with van der Waals surface area (Å²) in [4.78, 5) is 18.2. The lowest BCUT2D eigenvalue weighted by atomic mass is 10.2. The Morgan fingerprint density at radius 3 is 2.73 bits per heavy atom. The van der Waals surface area contributed by atoms with Crippen LogP contribution < -0.4 is 0 Å². The Bertz CT molecular complexity index is 606. The van der Waals surface area contributed by atoms with Crippen LogP contribution in [0.25, 0.3) is 11.4 Å². The van der Waals surface area contributed by atoms with Gasteiger partial charge in [0.05, 0.1) is 13.2 Å². The Morgan fingerprint density at radius 1 is 1.18 bits per heavy atom. The molecule has 6 heteroatoms. The van der Waals surface area contributed by atoms with Gasteiger partial charge in [-0.3, -0.25) is 4.79 Å². The van der Waals surface area contributed by atoms with Crippen molar-refractivity contribution in [2.24, 2.45) is 0 Å². The lowest BCUT2D eigenvalue weighted by molar-refractivity contribution is -0.135. The number of hydrogen-bond donors (Lipinski definition) is 0. The molecule has 0 atom stereocenters. The minimum absolute atomic E-state index is 0.172. The molecule has 1 amide bonds. The zero-order chi connectivity index (χ0) is 15.2. The first kappa shape index (κ1) is 14.7. The molecule has 0 N–H and O–H groups in total. The molecule has 1 aromatic heterocycles. The van der Waals surface area contributed by atoms with Crippen LogP contribution in [0.3, 0.4) is 0 Å². The van der Waals surface area contributed by atoms with Gasteiger partial charge < -0.3 is 14.2 Å². The van der Waals surface area contributed by atoms with Crippen LogP contribution in [0, 0.1) is 0 Å². The molecule has 2 heterocycles. The van der Waals surface area contributed by atoms with Crippen molar-refractivity contribution in [3.8, 4) is 11.4 Å². The number of rotatable bonds is 5. The molecule has 0 unspecified atom stereocenters. The topological polar surface area (TPSA) is 68.5 Å². The van der Waals surface area contributed by atoms with E-state index in [9.17, 15) is 4.79 Å². The molecule has 1 fully saturated rings. The number of amides is 1. The Morgan fingerprint density at radius 2 is 1.95 bits per heavy atom. The highest BCUT2D eigenvalue weighted by molar-refractivity contribution is 5.76. The molecular weight excluding hydrogens is 282 g/mol. The first-order valence-electron chi connectivity index (χ1n) is 7.56. The van der Waals surface area contributed by atoms with Crippen LogP contribution in [-0.2, 0) is 16.0 Å². The standard InChI is InChI=1S/C16H19N3O3/c20-15(19-9-11-21-12-10-19)8-4-7-14-17-16(18-22-14)13-5-2-1-3-6-13/h1-3,5-6H,4,7-12H2. The summed E-state index contributed by atoms with van der Waals surface area (Å²) in [7, 11) is 0. The zero-order valence-electron chi connectivity index (χ0n) is 12.4. The Labute approximate surface area is 129 Å². The second-order valence-corrected chi connectivity index (χ2v) is 5.22. The fraction of sp³-hybridized carbons (Fsp3) is 0.438. The van der Waals surface area contributed by atoms with E-state index in [1.165, 1.54) is 0 Å². The van der Waals surface area contributed by atoms with E-state index in [-0.39, 0.29) is 5.91 Å². The number of nitrogens with zero attached hydrogens (tertiary/aromatic N) is 3. The van der Waals surface area contributed by atoms with Crippen molar-refractivity contribution < 1.29 is 14.1 Å². The molecule has 0 saturated carbocycles. The minimum atomic E-state index is 0.172. The van der Waals surface area contributed by atoms with Crippen LogP contribution in [0.15, 0.2) is 34.9 Å². The second-order valence-electron chi connectivity index (χ2n) is 5.22. The average molecular weight is 301 g/mol. The number of benzene rings is 1. The first-order valence-corrected chi connectivity index (χ1v) is 7.56. The molecule has 0 aliphatic carbocycles. The van der Waals surface area contributed by atoms with Crippen LogP contribution in [0.2, 0.25) is 0 Å². The number of aryl methyl sites for hydroxylation is 1. The van der Waals surface area contributed by atoms with Gasteiger partial charge in [0, 0.05) is 31.5 Å². The maximum atomic E-state index is 12.0. The smallest absolute Gasteiger partial charge is 0.226 e. The molecule has 2 aromatic rings. The summed E-state index contributed by atoms with van der Waals surface area (Å²) in [6.07, 6.45) is 1.84. The Hall–Kier alpha value is -2.21. The highest BCUT2D eigenvalue weighted by Gasteiger charge is 2.16. The first-order chi connectivity index (χ1) is 10.8. The number of aromatic nitrogens is 2. The highest BCUT2D eigenvalue weighted by atomic mass is 16.5. The van der Waals surface area contributed by atoms with Gasteiger partial charge in [-0.1, -0.05) is 35.5 Å². The molecular formula is C16H19N3O3. The minimum Gasteiger partial charge on any atom is -0.378 e. The second kappa shape index (κ2) is 7.17. The molecule has 3 rings (SSSR count). The van der Waals surface area contributed by atoms with Gasteiger partial charge in [-0.05, 0) is 6.42 Å². The van der Waals surface area contributed by atoms with Crippen LogP contribution in [0.4, 0.5) is 0 Å². The predicted octanol–water partition coefficient (Wildman–Crippen LogP) is 1.92. The van der Waals surface area contributed by atoms with Crippen LogP contribution >= 0.6 is 0 Å². The van der Waals surface area contributed by atoms with Gasteiger partial charge in [-0.25, -0.2) is 0 Å². The number of ether oxygens (including phenoxy) is 1. The number of carbonyl (C=O) groups is 1. The van der Waals surface area contributed by atoms with E-state index in [1.807, 2.05) is 35.2 Å². The fourth-order valence-corrected chi connectivity index (χ4v) is 2.42. The summed E-state index contributed by atoms with van der Waals surface area (Å²) < 4.78 is 10.5. The Kier molecular flexibility index (Phi) is 4.80. The van der Waals surface area contributed by atoms with Crippen molar-refractivity contribution in [3.05, 3.63) is 36.2 Å². The summed E-state index contributed by atoms with van der Waals surface area (Å²) >= 11 is 0. The molecule has 0 spiro atoms. The fourth-order valence-electron chi connectivity index (χ4n) is 2.42. The molecule has 116 valence electrons.